The topological polar surface area (TPSA) is 91.9 Å². The van der Waals surface area contributed by atoms with E-state index in [0.29, 0.717) is 39.5 Å². The van der Waals surface area contributed by atoms with Crippen LogP contribution >= 0.6 is 23.8 Å². The molecule has 0 fully saturated rings. The zero-order valence-corrected chi connectivity index (χ0v) is 22.2. The van der Waals surface area contributed by atoms with Crippen molar-refractivity contribution in [2.45, 2.75) is 25.9 Å². The van der Waals surface area contributed by atoms with Crippen molar-refractivity contribution < 1.29 is 19.1 Å². The molecule has 1 unspecified atom stereocenters. The van der Waals surface area contributed by atoms with E-state index in [1.165, 1.54) is 7.11 Å². The predicted molar refractivity (Wildman–Crippen MR) is 150 cm³/mol. The number of thiocarbonyl (C=S) groups is 1. The molecule has 0 aromatic heterocycles. The monoisotopic (exact) mass is 538 g/mol. The molecule has 0 radical (unpaired) electrons. The highest BCUT2D eigenvalue weighted by Gasteiger charge is 2.36. The Balaban J connectivity index is 1.55. The van der Waals surface area contributed by atoms with E-state index >= 15 is 0 Å². The maximum atomic E-state index is 13.2. The lowest BCUT2D eigenvalue weighted by molar-refractivity contribution is -0.122. The second-order valence-electron chi connectivity index (χ2n) is 8.45. The Bertz CT molecular complexity index is 1330. The number of nitrogens with one attached hydrogen (secondary N) is 3. The Morgan fingerprint density at radius 3 is 2.54 bits per heavy atom. The van der Waals surface area contributed by atoms with Gasteiger partial charge in [0, 0.05) is 17.6 Å². The molecule has 10 heteroatoms. The van der Waals surface area contributed by atoms with E-state index < -0.39 is 6.04 Å². The van der Waals surface area contributed by atoms with Crippen LogP contribution in [0.3, 0.4) is 0 Å². The number of anilines is 3. The number of amides is 2. The summed E-state index contributed by atoms with van der Waals surface area (Å²) >= 11 is 11.9. The van der Waals surface area contributed by atoms with Gasteiger partial charge in [-0.25, -0.2) is 0 Å². The number of ether oxygens (including phenoxy) is 2. The molecule has 1 aliphatic rings. The first kappa shape index (κ1) is 26.2. The van der Waals surface area contributed by atoms with E-state index in [2.05, 4.69) is 16.0 Å². The van der Waals surface area contributed by atoms with E-state index in [1.807, 2.05) is 49.4 Å². The van der Waals surface area contributed by atoms with Crippen molar-refractivity contribution in [3.05, 3.63) is 76.8 Å². The van der Waals surface area contributed by atoms with Crippen LogP contribution < -0.4 is 30.3 Å². The van der Waals surface area contributed by atoms with Gasteiger partial charge in [0.05, 0.1) is 37.7 Å². The Morgan fingerprint density at radius 1 is 1.11 bits per heavy atom. The SMILES string of the molecule is COc1ccc(CNC(=S)N2c3ccccc3NC(=O)C2CC(=O)Nc2cc(C)c(Cl)cc2OC)cc1. The van der Waals surface area contributed by atoms with E-state index in [-0.39, 0.29) is 18.2 Å². The summed E-state index contributed by atoms with van der Waals surface area (Å²) in [4.78, 5) is 28.0. The van der Waals surface area contributed by atoms with Crippen LogP contribution in [0.5, 0.6) is 11.5 Å². The predicted octanol–water partition coefficient (Wildman–Crippen LogP) is 4.90. The number of rotatable bonds is 7. The standard InChI is InChI=1S/C27H27ClN4O4S/c1-16-12-21(24(36-3)13-19(16)28)30-25(33)14-23-26(34)31-20-6-4-5-7-22(20)32(23)27(37)29-15-17-8-10-18(35-2)11-9-17/h4-13,23H,14-15H2,1-3H3,(H,29,37)(H,30,33)(H,31,34). The summed E-state index contributed by atoms with van der Waals surface area (Å²) in [6, 6.07) is 17.4. The third-order valence-electron chi connectivity index (χ3n) is 5.99. The van der Waals surface area contributed by atoms with Gasteiger partial charge in [-0.05, 0) is 60.6 Å². The third kappa shape index (κ3) is 5.95. The first-order chi connectivity index (χ1) is 17.8. The van der Waals surface area contributed by atoms with Gasteiger partial charge in [0.25, 0.3) is 0 Å². The van der Waals surface area contributed by atoms with Gasteiger partial charge in [0.2, 0.25) is 11.8 Å². The number of aryl methyl sites for hydroxylation is 1. The number of methoxy groups -OCH3 is 2. The van der Waals surface area contributed by atoms with E-state index in [4.69, 9.17) is 33.3 Å². The lowest BCUT2D eigenvalue weighted by atomic mass is 10.0. The molecule has 0 aliphatic carbocycles. The molecule has 4 rings (SSSR count). The van der Waals surface area contributed by atoms with Gasteiger partial charge in [0.1, 0.15) is 17.5 Å². The van der Waals surface area contributed by atoms with Crippen LogP contribution in [0.2, 0.25) is 5.02 Å². The van der Waals surface area contributed by atoms with Crippen molar-refractivity contribution in [3.8, 4) is 11.5 Å². The number of fused-ring (bicyclic) bond motifs is 1. The molecule has 0 saturated heterocycles. The summed E-state index contributed by atoms with van der Waals surface area (Å²) in [6.07, 6.45) is -0.144. The smallest absolute Gasteiger partial charge is 0.248 e. The molecule has 3 aromatic carbocycles. The minimum atomic E-state index is -0.870. The molecule has 0 spiro atoms. The Kier molecular flexibility index (Phi) is 8.15. The molecule has 37 heavy (non-hydrogen) atoms. The molecular weight excluding hydrogens is 512 g/mol. The zero-order chi connectivity index (χ0) is 26.5. The molecule has 1 atom stereocenters. The maximum absolute atomic E-state index is 13.2. The van der Waals surface area contributed by atoms with E-state index in [0.717, 1.165) is 16.9 Å². The number of hydrogen-bond donors (Lipinski definition) is 3. The van der Waals surface area contributed by atoms with Crippen LogP contribution in [0, 0.1) is 6.92 Å². The molecule has 3 N–H and O–H groups in total. The first-order valence-electron chi connectivity index (χ1n) is 11.5. The van der Waals surface area contributed by atoms with Crippen LogP contribution in [0.25, 0.3) is 0 Å². The van der Waals surface area contributed by atoms with Crippen molar-refractivity contribution >= 4 is 57.8 Å². The van der Waals surface area contributed by atoms with Gasteiger partial charge < -0.3 is 30.3 Å². The Hall–Kier alpha value is -3.82. The summed E-state index contributed by atoms with van der Waals surface area (Å²) in [5, 5.41) is 9.81. The number of benzene rings is 3. The summed E-state index contributed by atoms with van der Waals surface area (Å²) in [7, 11) is 3.11. The van der Waals surface area contributed by atoms with Gasteiger partial charge in [-0.15, -0.1) is 0 Å². The minimum Gasteiger partial charge on any atom is -0.497 e. The van der Waals surface area contributed by atoms with E-state index in [9.17, 15) is 9.59 Å². The second-order valence-corrected chi connectivity index (χ2v) is 9.25. The fourth-order valence-corrected chi connectivity index (χ4v) is 4.49. The van der Waals surface area contributed by atoms with Crippen molar-refractivity contribution in [2.75, 3.05) is 29.8 Å². The van der Waals surface area contributed by atoms with Gasteiger partial charge in [0.15, 0.2) is 5.11 Å². The van der Waals surface area contributed by atoms with Crippen molar-refractivity contribution in [1.82, 2.24) is 5.32 Å². The summed E-state index contributed by atoms with van der Waals surface area (Å²) in [5.74, 6) is 0.478. The van der Waals surface area contributed by atoms with Gasteiger partial charge >= 0.3 is 0 Å². The molecule has 192 valence electrons. The van der Waals surface area contributed by atoms with Crippen molar-refractivity contribution in [3.63, 3.8) is 0 Å². The lowest BCUT2D eigenvalue weighted by Crippen LogP contribution is -2.55. The lowest BCUT2D eigenvalue weighted by Gasteiger charge is -2.38. The molecular formula is C27H27ClN4O4S. The molecule has 0 bridgehead atoms. The largest absolute Gasteiger partial charge is 0.497 e. The molecule has 1 heterocycles. The van der Waals surface area contributed by atoms with Gasteiger partial charge in [-0.2, -0.15) is 0 Å². The number of carbonyl (C=O) groups excluding carboxylic acids is 2. The highest BCUT2D eigenvalue weighted by Crippen LogP contribution is 2.34. The third-order valence-corrected chi connectivity index (χ3v) is 6.74. The molecule has 2 amide bonds. The summed E-state index contributed by atoms with van der Waals surface area (Å²) < 4.78 is 10.6. The highest BCUT2D eigenvalue weighted by molar-refractivity contribution is 7.80. The molecule has 8 nitrogen and oxygen atoms in total. The second kappa shape index (κ2) is 11.5. The van der Waals surface area contributed by atoms with Gasteiger partial charge in [-0.1, -0.05) is 35.9 Å². The average molecular weight is 539 g/mol. The fraction of sp³-hybridized carbons (Fsp3) is 0.222. The zero-order valence-electron chi connectivity index (χ0n) is 20.6. The minimum absolute atomic E-state index is 0.144. The molecule has 0 saturated carbocycles. The highest BCUT2D eigenvalue weighted by atomic mass is 35.5. The fourth-order valence-electron chi connectivity index (χ4n) is 4.04. The molecule has 3 aromatic rings. The number of para-hydroxylation sites is 2. The number of hydrogen-bond acceptors (Lipinski definition) is 5. The van der Waals surface area contributed by atoms with Gasteiger partial charge in [-0.3, -0.25) is 9.59 Å². The number of carbonyl (C=O) groups is 2. The Morgan fingerprint density at radius 2 is 1.84 bits per heavy atom. The van der Waals surface area contributed by atoms with Crippen LogP contribution in [-0.2, 0) is 16.1 Å². The molecule has 1 aliphatic heterocycles. The summed E-state index contributed by atoms with van der Waals surface area (Å²) in [6.45, 7) is 2.26. The summed E-state index contributed by atoms with van der Waals surface area (Å²) in [5.41, 5.74) is 3.56. The number of nitrogens with zero attached hydrogens (tertiary/aromatic N) is 1. The van der Waals surface area contributed by atoms with Crippen LogP contribution in [0.1, 0.15) is 17.5 Å². The van der Waals surface area contributed by atoms with Crippen LogP contribution in [0.4, 0.5) is 17.1 Å². The first-order valence-corrected chi connectivity index (χ1v) is 12.3. The van der Waals surface area contributed by atoms with Crippen molar-refractivity contribution in [2.24, 2.45) is 0 Å². The van der Waals surface area contributed by atoms with Crippen LogP contribution in [0.15, 0.2) is 60.7 Å². The van der Waals surface area contributed by atoms with E-state index in [1.54, 1.807) is 30.2 Å². The van der Waals surface area contributed by atoms with Crippen molar-refractivity contribution in [1.29, 1.82) is 0 Å². The maximum Gasteiger partial charge on any atom is 0.248 e. The number of halogens is 1. The van der Waals surface area contributed by atoms with Crippen LogP contribution in [-0.4, -0.2) is 37.2 Å². The quantitative estimate of drug-likeness (QED) is 0.369. The normalized spacial score (nSPS) is 14.3. The average Bonchev–Trinajstić information content (AvgIpc) is 2.90. The Labute approximate surface area is 225 Å².